The summed E-state index contributed by atoms with van der Waals surface area (Å²) < 4.78 is 7.41. The second kappa shape index (κ2) is 9.52. The number of nitrogens with zero attached hydrogens (tertiary/aromatic N) is 3. The second-order valence-electron chi connectivity index (χ2n) is 6.14. The van der Waals surface area contributed by atoms with Gasteiger partial charge in [-0.25, -0.2) is 0 Å². The molecule has 0 fully saturated rings. The van der Waals surface area contributed by atoms with Gasteiger partial charge in [-0.15, -0.1) is 10.2 Å². The van der Waals surface area contributed by atoms with Crippen molar-refractivity contribution in [3.63, 3.8) is 0 Å². The Bertz CT molecular complexity index is 623. The van der Waals surface area contributed by atoms with Crippen LogP contribution in [0.25, 0.3) is 0 Å². The summed E-state index contributed by atoms with van der Waals surface area (Å²) in [5, 5.41) is 12.4. The van der Waals surface area contributed by atoms with Gasteiger partial charge in [0.25, 0.3) is 0 Å². The van der Waals surface area contributed by atoms with Gasteiger partial charge < -0.3 is 14.3 Å². The standard InChI is InChI=1S/C17H26N4O2S/c1-13(2)12-21-15(19-20-17(21)24-3)7-4-10-18-16(22)9-8-14-6-5-11-23-14/h5-6,11,13H,4,7-10,12H2,1-3H3,(H,18,22). The molecular weight excluding hydrogens is 324 g/mol. The molecule has 0 atom stereocenters. The van der Waals surface area contributed by atoms with Gasteiger partial charge in [-0.2, -0.15) is 0 Å². The summed E-state index contributed by atoms with van der Waals surface area (Å²) in [5.41, 5.74) is 0. The molecular formula is C17H26N4O2S. The van der Waals surface area contributed by atoms with Gasteiger partial charge in [-0.3, -0.25) is 4.79 Å². The number of nitrogens with one attached hydrogen (secondary N) is 1. The number of thioether (sulfide) groups is 1. The normalized spacial score (nSPS) is 11.2. The number of hydrogen-bond acceptors (Lipinski definition) is 5. The Morgan fingerprint density at radius 2 is 2.21 bits per heavy atom. The molecule has 0 aliphatic rings. The third kappa shape index (κ3) is 5.70. The van der Waals surface area contributed by atoms with Crippen LogP contribution in [0.5, 0.6) is 0 Å². The Morgan fingerprint density at radius 1 is 1.38 bits per heavy atom. The number of amides is 1. The molecule has 2 heterocycles. The van der Waals surface area contributed by atoms with Crippen molar-refractivity contribution in [2.75, 3.05) is 12.8 Å². The lowest BCUT2D eigenvalue weighted by molar-refractivity contribution is -0.121. The highest BCUT2D eigenvalue weighted by Gasteiger charge is 2.12. The predicted octanol–water partition coefficient (Wildman–Crippen LogP) is 2.93. The van der Waals surface area contributed by atoms with Crippen LogP contribution in [-0.4, -0.2) is 33.5 Å². The Kier molecular flexibility index (Phi) is 7.36. The molecule has 0 bridgehead atoms. The quantitative estimate of drug-likeness (QED) is 0.527. The van der Waals surface area contributed by atoms with Crippen molar-refractivity contribution in [2.24, 2.45) is 5.92 Å². The summed E-state index contributed by atoms with van der Waals surface area (Å²) in [6.07, 6.45) is 6.41. The van der Waals surface area contributed by atoms with Gasteiger partial charge in [0, 0.05) is 32.4 Å². The van der Waals surface area contributed by atoms with E-state index in [0.717, 1.165) is 36.1 Å². The van der Waals surface area contributed by atoms with Crippen LogP contribution in [0.4, 0.5) is 0 Å². The van der Waals surface area contributed by atoms with E-state index in [1.54, 1.807) is 18.0 Å². The predicted molar refractivity (Wildman–Crippen MR) is 95.0 cm³/mol. The van der Waals surface area contributed by atoms with Gasteiger partial charge in [0.1, 0.15) is 11.6 Å². The molecule has 7 heteroatoms. The average Bonchev–Trinajstić information content (AvgIpc) is 3.19. The number of rotatable bonds is 10. The van der Waals surface area contributed by atoms with E-state index in [0.29, 0.717) is 25.3 Å². The largest absolute Gasteiger partial charge is 0.469 e. The molecule has 1 amide bonds. The highest BCUT2D eigenvalue weighted by Crippen LogP contribution is 2.16. The molecule has 0 aromatic carbocycles. The zero-order valence-corrected chi connectivity index (χ0v) is 15.4. The molecule has 2 aromatic heterocycles. The van der Waals surface area contributed by atoms with Crippen molar-refractivity contribution >= 4 is 17.7 Å². The first-order chi connectivity index (χ1) is 11.6. The fraction of sp³-hybridized carbons (Fsp3) is 0.588. The number of aryl methyl sites for hydroxylation is 2. The molecule has 0 radical (unpaired) electrons. The van der Waals surface area contributed by atoms with Crippen LogP contribution in [0, 0.1) is 5.92 Å². The first kappa shape index (κ1) is 18.6. The fourth-order valence-corrected chi connectivity index (χ4v) is 2.98. The molecule has 0 saturated heterocycles. The minimum absolute atomic E-state index is 0.0554. The topological polar surface area (TPSA) is 73.0 Å². The van der Waals surface area contributed by atoms with Gasteiger partial charge in [0.05, 0.1) is 6.26 Å². The molecule has 2 rings (SSSR count). The van der Waals surface area contributed by atoms with E-state index in [1.807, 2.05) is 18.4 Å². The lowest BCUT2D eigenvalue weighted by atomic mass is 10.2. The van der Waals surface area contributed by atoms with Crippen LogP contribution >= 0.6 is 11.8 Å². The summed E-state index contributed by atoms with van der Waals surface area (Å²) in [6.45, 7) is 5.95. The third-order valence-corrected chi connectivity index (χ3v) is 4.27. The summed E-state index contributed by atoms with van der Waals surface area (Å²) >= 11 is 1.62. The molecule has 0 saturated carbocycles. The van der Waals surface area contributed by atoms with E-state index < -0.39 is 0 Å². The van der Waals surface area contributed by atoms with Crippen molar-refractivity contribution in [1.82, 2.24) is 20.1 Å². The summed E-state index contributed by atoms with van der Waals surface area (Å²) in [7, 11) is 0. The first-order valence-electron chi connectivity index (χ1n) is 8.35. The molecule has 0 aliphatic carbocycles. The summed E-state index contributed by atoms with van der Waals surface area (Å²) in [4.78, 5) is 11.8. The van der Waals surface area contributed by atoms with Crippen LogP contribution in [0.3, 0.4) is 0 Å². The Morgan fingerprint density at radius 3 is 2.88 bits per heavy atom. The van der Waals surface area contributed by atoms with Crippen molar-refractivity contribution in [1.29, 1.82) is 0 Å². The van der Waals surface area contributed by atoms with Crippen LogP contribution in [0.2, 0.25) is 0 Å². The van der Waals surface area contributed by atoms with Crippen molar-refractivity contribution in [2.45, 2.75) is 51.2 Å². The SMILES string of the molecule is CSc1nnc(CCCNC(=O)CCc2ccco2)n1CC(C)C. The monoisotopic (exact) mass is 350 g/mol. The molecule has 24 heavy (non-hydrogen) atoms. The van der Waals surface area contributed by atoms with Gasteiger partial charge in [0.15, 0.2) is 5.16 Å². The van der Waals surface area contributed by atoms with E-state index in [-0.39, 0.29) is 5.91 Å². The van der Waals surface area contributed by atoms with Crippen molar-refractivity contribution in [3.8, 4) is 0 Å². The molecule has 0 aliphatic heterocycles. The van der Waals surface area contributed by atoms with E-state index in [4.69, 9.17) is 4.42 Å². The second-order valence-corrected chi connectivity index (χ2v) is 6.91. The number of aromatic nitrogens is 3. The molecule has 0 spiro atoms. The van der Waals surface area contributed by atoms with Gasteiger partial charge in [0.2, 0.25) is 5.91 Å². The zero-order valence-electron chi connectivity index (χ0n) is 14.6. The highest BCUT2D eigenvalue weighted by molar-refractivity contribution is 7.98. The Hall–Kier alpha value is -1.76. The smallest absolute Gasteiger partial charge is 0.220 e. The fourth-order valence-electron chi connectivity index (χ4n) is 2.46. The third-order valence-electron chi connectivity index (χ3n) is 3.60. The maximum atomic E-state index is 11.8. The van der Waals surface area contributed by atoms with E-state index in [1.165, 1.54) is 0 Å². The molecule has 132 valence electrons. The minimum Gasteiger partial charge on any atom is -0.469 e. The average molecular weight is 350 g/mol. The highest BCUT2D eigenvalue weighted by atomic mass is 32.2. The number of carbonyl (C=O) groups excluding carboxylic acids is 1. The zero-order chi connectivity index (χ0) is 17.4. The van der Waals surface area contributed by atoms with Crippen LogP contribution in [0.1, 0.15) is 38.3 Å². The van der Waals surface area contributed by atoms with E-state index in [2.05, 4.69) is 33.9 Å². The Labute approximate surface area is 147 Å². The lowest BCUT2D eigenvalue weighted by Gasteiger charge is -2.11. The van der Waals surface area contributed by atoms with Crippen LogP contribution in [0.15, 0.2) is 28.0 Å². The molecule has 2 aromatic rings. The van der Waals surface area contributed by atoms with E-state index >= 15 is 0 Å². The van der Waals surface area contributed by atoms with Gasteiger partial charge in [-0.05, 0) is 30.7 Å². The maximum absolute atomic E-state index is 11.8. The van der Waals surface area contributed by atoms with Gasteiger partial charge >= 0.3 is 0 Å². The molecule has 0 unspecified atom stereocenters. The van der Waals surface area contributed by atoms with E-state index in [9.17, 15) is 4.79 Å². The van der Waals surface area contributed by atoms with Crippen molar-refractivity contribution in [3.05, 3.63) is 30.0 Å². The summed E-state index contributed by atoms with van der Waals surface area (Å²) in [5.74, 6) is 2.45. The number of hydrogen-bond donors (Lipinski definition) is 1. The van der Waals surface area contributed by atoms with Crippen LogP contribution < -0.4 is 5.32 Å². The summed E-state index contributed by atoms with van der Waals surface area (Å²) in [6, 6.07) is 3.72. The lowest BCUT2D eigenvalue weighted by Crippen LogP contribution is -2.25. The van der Waals surface area contributed by atoms with Gasteiger partial charge in [-0.1, -0.05) is 25.6 Å². The first-order valence-corrected chi connectivity index (χ1v) is 9.57. The molecule has 1 N–H and O–H groups in total. The Balaban J connectivity index is 1.72. The minimum atomic E-state index is 0.0554. The molecule has 6 nitrogen and oxygen atoms in total. The maximum Gasteiger partial charge on any atom is 0.220 e. The van der Waals surface area contributed by atoms with Crippen molar-refractivity contribution < 1.29 is 9.21 Å². The van der Waals surface area contributed by atoms with Crippen LogP contribution in [-0.2, 0) is 24.2 Å². The number of furan rings is 1. The number of carbonyl (C=O) groups is 1.